The zero-order valence-corrected chi connectivity index (χ0v) is 23.0. The van der Waals surface area contributed by atoms with Crippen LogP contribution in [0.2, 0.25) is 0 Å². The number of aliphatic hydroxyl groups is 1. The highest BCUT2D eigenvalue weighted by atomic mass is 32.1. The van der Waals surface area contributed by atoms with Gasteiger partial charge in [0.2, 0.25) is 0 Å². The van der Waals surface area contributed by atoms with Crippen LogP contribution in [0.3, 0.4) is 0 Å². The predicted molar refractivity (Wildman–Crippen MR) is 146 cm³/mol. The van der Waals surface area contributed by atoms with Gasteiger partial charge >= 0.3 is 11.9 Å². The van der Waals surface area contributed by atoms with Crippen molar-refractivity contribution < 1.29 is 33.7 Å². The molecule has 1 saturated heterocycles. The van der Waals surface area contributed by atoms with E-state index in [9.17, 15) is 19.5 Å². The third kappa shape index (κ3) is 4.65. The van der Waals surface area contributed by atoms with Crippen molar-refractivity contribution in [1.29, 1.82) is 0 Å². The predicted octanol–water partition coefficient (Wildman–Crippen LogP) is 4.93. The maximum atomic E-state index is 13.5. The van der Waals surface area contributed by atoms with Crippen LogP contribution in [0.5, 0.6) is 11.5 Å². The molecule has 2 aromatic carbocycles. The summed E-state index contributed by atoms with van der Waals surface area (Å²) in [5.74, 6) is -1.69. The van der Waals surface area contributed by atoms with Crippen LogP contribution in [-0.4, -0.2) is 48.1 Å². The third-order valence-electron chi connectivity index (χ3n) is 6.71. The van der Waals surface area contributed by atoms with Gasteiger partial charge < -0.3 is 19.3 Å². The van der Waals surface area contributed by atoms with E-state index < -0.39 is 23.7 Å². The lowest BCUT2D eigenvalue weighted by atomic mass is 9.85. The number of aliphatic hydroxyl groups excluding tert-OH is 1. The molecule has 2 aliphatic heterocycles. The molecule has 0 bridgehead atoms. The van der Waals surface area contributed by atoms with Crippen LogP contribution in [0.4, 0.5) is 5.13 Å². The molecule has 1 atom stereocenters. The minimum Gasteiger partial charge on any atom is -0.507 e. The van der Waals surface area contributed by atoms with Crippen molar-refractivity contribution in [3.05, 3.63) is 75.3 Å². The van der Waals surface area contributed by atoms with E-state index in [0.717, 1.165) is 16.9 Å². The molecule has 0 aliphatic carbocycles. The molecule has 1 N–H and O–H groups in total. The van der Waals surface area contributed by atoms with E-state index in [2.05, 4.69) is 25.8 Å². The number of aromatic nitrogens is 1. The number of hydrogen-bond donors (Lipinski definition) is 1. The molecule has 1 aromatic heterocycles. The van der Waals surface area contributed by atoms with Gasteiger partial charge in [-0.15, -0.1) is 0 Å². The lowest BCUT2D eigenvalue weighted by Gasteiger charge is -2.25. The summed E-state index contributed by atoms with van der Waals surface area (Å²) in [5, 5.41) is 11.6. The Morgan fingerprint density at radius 3 is 2.38 bits per heavy atom. The Bertz CT molecular complexity index is 1520. The number of thiazole rings is 1. The number of Topliss-reactive ketones (excluding diaryl/α,β-unsaturated/α-hetero) is 1. The summed E-state index contributed by atoms with van der Waals surface area (Å²) in [6.07, 6.45) is 0. The molecule has 5 rings (SSSR count). The van der Waals surface area contributed by atoms with Crippen LogP contribution in [0.15, 0.2) is 48.0 Å². The summed E-state index contributed by atoms with van der Waals surface area (Å²) >= 11 is 0.956. The second kappa shape index (κ2) is 9.85. The van der Waals surface area contributed by atoms with Gasteiger partial charge in [0.05, 0.1) is 24.4 Å². The average Bonchev–Trinajstić information content (AvgIpc) is 3.43. The molecule has 0 spiro atoms. The van der Waals surface area contributed by atoms with Crippen molar-refractivity contribution in [2.24, 2.45) is 0 Å². The van der Waals surface area contributed by atoms with Crippen molar-refractivity contribution >= 4 is 39.9 Å². The van der Waals surface area contributed by atoms with E-state index in [1.165, 1.54) is 12.0 Å². The molecule has 39 heavy (non-hydrogen) atoms. The van der Waals surface area contributed by atoms with Gasteiger partial charge in [-0.25, -0.2) is 9.78 Å². The quantitative estimate of drug-likeness (QED) is 0.211. The van der Waals surface area contributed by atoms with Gasteiger partial charge in [-0.1, -0.05) is 56.4 Å². The van der Waals surface area contributed by atoms with E-state index in [4.69, 9.17) is 14.2 Å². The minimum absolute atomic E-state index is 0.0901. The number of hydrogen-bond acceptors (Lipinski definition) is 9. The third-order valence-corrected chi connectivity index (χ3v) is 7.85. The van der Waals surface area contributed by atoms with E-state index >= 15 is 0 Å². The number of ether oxygens (including phenoxy) is 3. The van der Waals surface area contributed by atoms with Crippen LogP contribution in [0.1, 0.15) is 58.9 Å². The lowest BCUT2D eigenvalue weighted by Crippen LogP contribution is -2.29. The van der Waals surface area contributed by atoms with Crippen molar-refractivity contribution in [3.8, 4) is 11.5 Å². The lowest BCUT2D eigenvalue weighted by molar-refractivity contribution is -0.132. The largest absolute Gasteiger partial charge is 0.507 e. The van der Waals surface area contributed by atoms with Gasteiger partial charge in [0.15, 0.2) is 16.6 Å². The number of ketones is 1. The van der Waals surface area contributed by atoms with Crippen molar-refractivity contribution in [3.63, 3.8) is 0 Å². The van der Waals surface area contributed by atoms with Crippen LogP contribution < -0.4 is 14.4 Å². The number of anilines is 1. The SMILES string of the molecule is COC(=O)c1sc(N2C(=O)C(=O)/C(=C(/O)c3ccc4c(c3)OCCO4)C2c2ccc(C(C)(C)C)cc2)nc1C. The maximum absolute atomic E-state index is 13.5. The summed E-state index contributed by atoms with van der Waals surface area (Å²) in [4.78, 5) is 45.2. The average molecular weight is 549 g/mol. The van der Waals surface area contributed by atoms with Crippen LogP contribution in [0, 0.1) is 6.92 Å². The second-order valence-corrected chi connectivity index (χ2v) is 11.3. The number of fused-ring (bicyclic) bond motifs is 1. The molecule has 9 nitrogen and oxygen atoms in total. The van der Waals surface area contributed by atoms with Gasteiger partial charge in [0, 0.05) is 5.56 Å². The van der Waals surface area contributed by atoms with Crippen molar-refractivity contribution in [2.45, 2.75) is 39.2 Å². The van der Waals surface area contributed by atoms with Crippen molar-refractivity contribution in [1.82, 2.24) is 4.98 Å². The fourth-order valence-electron chi connectivity index (χ4n) is 4.62. The number of rotatable bonds is 4. The van der Waals surface area contributed by atoms with Crippen LogP contribution in [-0.2, 0) is 19.7 Å². The Hall–Kier alpha value is -4.18. The highest BCUT2D eigenvalue weighted by molar-refractivity contribution is 7.17. The van der Waals surface area contributed by atoms with E-state index in [1.807, 2.05) is 24.3 Å². The van der Waals surface area contributed by atoms with Crippen LogP contribution in [0.25, 0.3) is 5.76 Å². The molecular weight excluding hydrogens is 520 g/mol. The zero-order chi connectivity index (χ0) is 28.1. The number of methoxy groups -OCH3 is 1. The Morgan fingerprint density at radius 2 is 1.74 bits per heavy atom. The van der Waals surface area contributed by atoms with Gasteiger partial charge in [0.1, 0.15) is 23.9 Å². The Morgan fingerprint density at radius 1 is 1.08 bits per heavy atom. The number of esters is 1. The molecule has 1 unspecified atom stereocenters. The topological polar surface area (TPSA) is 115 Å². The number of carbonyl (C=O) groups excluding carboxylic acids is 3. The summed E-state index contributed by atoms with van der Waals surface area (Å²) in [5.41, 5.74) is 2.14. The monoisotopic (exact) mass is 548 g/mol. The first-order chi connectivity index (χ1) is 18.5. The second-order valence-electron chi connectivity index (χ2n) is 10.3. The number of carbonyl (C=O) groups is 3. The molecule has 10 heteroatoms. The summed E-state index contributed by atoms with van der Waals surface area (Å²) in [6, 6.07) is 11.4. The Kier molecular flexibility index (Phi) is 6.67. The van der Waals surface area contributed by atoms with E-state index in [-0.39, 0.29) is 26.8 Å². The zero-order valence-electron chi connectivity index (χ0n) is 22.2. The van der Waals surface area contributed by atoms with E-state index in [1.54, 1.807) is 25.1 Å². The highest BCUT2D eigenvalue weighted by Gasteiger charge is 2.48. The molecular formula is C29H28N2O7S. The molecule has 2 aliphatic rings. The molecule has 1 amide bonds. The minimum atomic E-state index is -0.983. The Labute approximate surface area is 229 Å². The smallest absolute Gasteiger partial charge is 0.350 e. The molecule has 202 valence electrons. The van der Waals surface area contributed by atoms with Gasteiger partial charge in [-0.3, -0.25) is 14.5 Å². The van der Waals surface area contributed by atoms with Gasteiger partial charge in [0.25, 0.3) is 5.78 Å². The number of nitrogens with zero attached hydrogens (tertiary/aromatic N) is 2. The molecule has 0 radical (unpaired) electrons. The fraction of sp³-hybridized carbons (Fsp3) is 0.310. The molecule has 3 aromatic rings. The summed E-state index contributed by atoms with van der Waals surface area (Å²) in [6.45, 7) is 8.65. The standard InChI is InChI=1S/C29H28N2O7S/c1-15-25(27(35)36-5)39-28(30-15)31-22(16-6-9-18(10-7-16)29(2,3)4)21(24(33)26(31)34)23(32)17-8-11-19-20(14-17)38-13-12-37-19/h6-11,14,22,32H,12-13H2,1-5H3/b23-21+. The van der Waals surface area contributed by atoms with Crippen molar-refractivity contribution in [2.75, 3.05) is 25.2 Å². The Balaban J connectivity index is 1.68. The van der Waals surface area contributed by atoms with E-state index in [0.29, 0.717) is 41.5 Å². The first kappa shape index (κ1) is 26.4. The maximum Gasteiger partial charge on any atom is 0.350 e. The molecule has 1 fully saturated rings. The van der Waals surface area contributed by atoms with Crippen LogP contribution >= 0.6 is 11.3 Å². The summed E-state index contributed by atoms with van der Waals surface area (Å²) in [7, 11) is 1.26. The molecule has 3 heterocycles. The van der Waals surface area contributed by atoms with Gasteiger partial charge in [-0.05, 0) is 41.7 Å². The van der Waals surface area contributed by atoms with Gasteiger partial charge in [-0.2, -0.15) is 0 Å². The first-order valence-corrected chi connectivity index (χ1v) is 13.2. The fourth-order valence-corrected chi connectivity index (χ4v) is 5.64. The normalized spacial score (nSPS) is 18.4. The number of amides is 1. The molecule has 0 saturated carbocycles. The summed E-state index contributed by atoms with van der Waals surface area (Å²) < 4.78 is 16.1. The number of aryl methyl sites for hydroxylation is 1. The number of benzene rings is 2. The highest BCUT2D eigenvalue weighted by Crippen LogP contribution is 2.45. The first-order valence-electron chi connectivity index (χ1n) is 12.4.